The van der Waals surface area contributed by atoms with Crippen molar-refractivity contribution in [3.63, 3.8) is 0 Å². The van der Waals surface area contributed by atoms with Crippen molar-refractivity contribution in [1.29, 1.82) is 0 Å². The van der Waals surface area contributed by atoms with Gasteiger partial charge in [-0.1, -0.05) is 23.7 Å². The van der Waals surface area contributed by atoms with Gasteiger partial charge in [0.1, 0.15) is 5.78 Å². The van der Waals surface area contributed by atoms with Crippen molar-refractivity contribution in [2.75, 3.05) is 5.75 Å². The minimum absolute atomic E-state index is 0.222. The SMILES string of the molecule is C#CCCCC(=O)CSc1ccccc1Cl. The highest BCUT2D eigenvalue weighted by Crippen LogP contribution is 2.26. The van der Waals surface area contributed by atoms with E-state index in [0.29, 0.717) is 23.6 Å². The van der Waals surface area contributed by atoms with E-state index in [4.69, 9.17) is 18.0 Å². The van der Waals surface area contributed by atoms with Crippen molar-refractivity contribution < 1.29 is 4.79 Å². The fourth-order valence-corrected chi connectivity index (χ4v) is 2.32. The van der Waals surface area contributed by atoms with E-state index in [9.17, 15) is 4.79 Å². The van der Waals surface area contributed by atoms with Gasteiger partial charge in [0.25, 0.3) is 0 Å². The van der Waals surface area contributed by atoms with Gasteiger partial charge in [-0.3, -0.25) is 4.79 Å². The summed E-state index contributed by atoms with van der Waals surface area (Å²) in [7, 11) is 0. The summed E-state index contributed by atoms with van der Waals surface area (Å²) in [5.74, 6) is 3.21. The smallest absolute Gasteiger partial charge is 0.143 e. The number of Topliss-reactive ketones (excluding diaryl/α,β-unsaturated/α-hetero) is 1. The summed E-state index contributed by atoms with van der Waals surface area (Å²) in [6.45, 7) is 0. The molecule has 0 unspecified atom stereocenters. The molecule has 0 fully saturated rings. The maximum atomic E-state index is 11.5. The Morgan fingerprint density at radius 1 is 1.44 bits per heavy atom. The van der Waals surface area contributed by atoms with Crippen LogP contribution in [0, 0.1) is 12.3 Å². The Bertz CT molecular complexity index is 395. The van der Waals surface area contributed by atoms with Gasteiger partial charge in [-0.2, -0.15) is 0 Å². The van der Waals surface area contributed by atoms with E-state index in [-0.39, 0.29) is 5.78 Å². The van der Waals surface area contributed by atoms with Gasteiger partial charge in [-0.15, -0.1) is 24.1 Å². The zero-order valence-corrected chi connectivity index (χ0v) is 10.5. The number of unbranched alkanes of at least 4 members (excludes halogenated alkanes) is 1. The van der Waals surface area contributed by atoms with E-state index in [1.54, 1.807) is 0 Å². The first kappa shape index (κ1) is 13.2. The van der Waals surface area contributed by atoms with Crippen LogP contribution in [-0.2, 0) is 4.79 Å². The summed E-state index contributed by atoms with van der Waals surface area (Å²) < 4.78 is 0. The van der Waals surface area contributed by atoms with Crippen LogP contribution in [0.1, 0.15) is 19.3 Å². The number of hydrogen-bond donors (Lipinski definition) is 0. The van der Waals surface area contributed by atoms with Crippen LogP contribution in [0.25, 0.3) is 0 Å². The molecule has 0 aliphatic rings. The van der Waals surface area contributed by atoms with Gasteiger partial charge in [0.15, 0.2) is 0 Å². The van der Waals surface area contributed by atoms with E-state index in [2.05, 4.69) is 5.92 Å². The van der Waals surface area contributed by atoms with Gasteiger partial charge >= 0.3 is 0 Å². The van der Waals surface area contributed by atoms with Crippen molar-refractivity contribution in [1.82, 2.24) is 0 Å². The third-order valence-electron chi connectivity index (χ3n) is 2.00. The molecule has 1 aromatic carbocycles. The standard InChI is InChI=1S/C13H13ClOS/c1-2-3-4-7-11(15)10-16-13-9-6-5-8-12(13)14/h1,5-6,8-9H,3-4,7,10H2. The third-order valence-corrected chi connectivity index (χ3v) is 3.58. The van der Waals surface area contributed by atoms with Gasteiger partial charge in [0.2, 0.25) is 0 Å². The number of carbonyl (C=O) groups excluding carboxylic acids is 1. The predicted molar refractivity (Wildman–Crippen MR) is 69.9 cm³/mol. The number of hydrogen-bond acceptors (Lipinski definition) is 2. The van der Waals surface area contributed by atoms with Crippen molar-refractivity contribution in [2.24, 2.45) is 0 Å². The predicted octanol–water partition coefficient (Wildman–Crippen LogP) is 3.80. The van der Waals surface area contributed by atoms with Crippen LogP contribution in [0.2, 0.25) is 5.02 Å². The molecule has 0 saturated carbocycles. The Labute approximate surface area is 106 Å². The van der Waals surface area contributed by atoms with Crippen LogP contribution in [0.5, 0.6) is 0 Å². The van der Waals surface area contributed by atoms with Crippen LogP contribution in [0.15, 0.2) is 29.2 Å². The lowest BCUT2D eigenvalue weighted by Gasteiger charge is -2.02. The maximum absolute atomic E-state index is 11.5. The molecule has 84 valence electrons. The minimum Gasteiger partial charge on any atom is -0.299 e. The largest absolute Gasteiger partial charge is 0.299 e. The third kappa shape index (κ3) is 4.74. The first-order chi connectivity index (χ1) is 7.74. The average molecular weight is 253 g/mol. The Balaban J connectivity index is 2.32. The molecule has 1 nitrogen and oxygen atoms in total. The lowest BCUT2D eigenvalue weighted by molar-refractivity contribution is -0.116. The number of rotatable bonds is 6. The molecule has 0 radical (unpaired) electrons. The first-order valence-corrected chi connectivity index (χ1v) is 6.43. The molecular weight excluding hydrogens is 240 g/mol. The van der Waals surface area contributed by atoms with Gasteiger partial charge in [-0.05, 0) is 18.6 Å². The van der Waals surface area contributed by atoms with Gasteiger partial charge in [-0.25, -0.2) is 0 Å². The Hall–Kier alpha value is -0.910. The fraction of sp³-hybridized carbons (Fsp3) is 0.308. The molecule has 0 N–H and O–H groups in total. The number of ketones is 1. The summed E-state index contributed by atoms with van der Waals surface area (Å²) in [4.78, 5) is 12.4. The van der Waals surface area contributed by atoms with E-state index in [0.717, 1.165) is 11.3 Å². The summed E-state index contributed by atoms with van der Waals surface area (Å²) in [6.07, 6.45) is 7.12. The summed E-state index contributed by atoms with van der Waals surface area (Å²) >= 11 is 7.46. The molecule has 0 aliphatic carbocycles. The number of thioether (sulfide) groups is 1. The summed E-state index contributed by atoms with van der Waals surface area (Å²) in [5.41, 5.74) is 0. The van der Waals surface area contributed by atoms with Crippen molar-refractivity contribution in [3.8, 4) is 12.3 Å². The highest BCUT2D eigenvalue weighted by Gasteiger charge is 2.04. The highest BCUT2D eigenvalue weighted by molar-refractivity contribution is 8.00. The average Bonchev–Trinajstić information content (AvgIpc) is 2.28. The number of carbonyl (C=O) groups is 1. The van der Waals surface area contributed by atoms with E-state index < -0.39 is 0 Å². The topological polar surface area (TPSA) is 17.1 Å². The molecule has 0 aromatic heterocycles. The number of halogens is 1. The van der Waals surface area contributed by atoms with Crippen LogP contribution in [0.3, 0.4) is 0 Å². The molecule has 0 spiro atoms. The quantitative estimate of drug-likeness (QED) is 0.435. The molecule has 3 heteroatoms. The Kier molecular flexibility index (Phi) is 6.07. The van der Waals surface area contributed by atoms with Gasteiger partial charge in [0, 0.05) is 17.7 Å². The van der Waals surface area contributed by atoms with Gasteiger partial charge < -0.3 is 0 Å². The van der Waals surface area contributed by atoms with E-state index in [1.165, 1.54) is 11.8 Å². The molecule has 0 saturated heterocycles. The Morgan fingerprint density at radius 3 is 2.88 bits per heavy atom. The molecule has 0 heterocycles. The molecule has 0 atom stereocenters. The normalized spacial score (nSPS) is 9.75. The van der Waals surface area contributed by atoms with Crippen LogP contribution < -0.4 is 0 Å². The molecular formula is C13H13ClOS. The molecule has 1 aromatic rings. The number of terminal acetylenes is 1. The van der Waals surface area contributed by atoms with E-state index in [1.807, 2.05) is 24.3 Å². The first-order valence-electron chi connectivity index (χ1n) is 5.06. The second kappa shape index (κ2) is 7.38. The summed E-state index contributed by atoms with van der Waals surface area (Å²) in [5, 5.41) is 0.698. The zero-order chi connectivity index (χ0) is 11.8. The van der Waals surface area contributed by atoms with Crippen LogP contribution in [-0.4, -0.2) is 11.5 Å². The van der Waals surface area contributed by atoms with Crippen LogP contribution >= 0.6 is 23.4 Å². The molecule has 0 amide bonds. The monoisotopic (exact) mass is 252 g/mol. The minimum atomic E-state index is 0.222. The van der Waals surface area contributed by atoms with E-state index >= 15 is 0 Å². The zero-order valence-electron chi connectivity index (χ0n) is 8.91. The second-order valence-electron chi connectivity index (χ2n) is 3.32. The summed E-state index contributed by atoms with van der Waals surface area (Å²) in [6, 6.07) is 7.53. The van der Waals surface area contributed by atoms with Crippen molar-refractivity contribution in [2.45, 2.75) is 24.2 Å². The Morgan fingerprint density at radius 2 is 2.19 bits per heavy atom. The molecule has 0 aliphatic heterocycles. The molecule has 1 rings (SSSR count). The molecule has 16 heavy (non-hydrogen) atoms. The maximum Gasteiger partial charge on any atom is 0.143 e. The lowest BCUT2D eigenvalue weighted by Crippen LogP contribution is -2.00. The lowest BCUT2D eigenvalue weighted by atomic mass is 10.2. The highest BCUT2D eigenvalue weighted by atomic mass is 35.5. The van der Waals surface area contributed by atoms with Crippen molar-refractivity contribution >= 4 is 29.1 Å². The number of benzene rings is 1. The fourth-order valence-electron chi connectivity index (χ4n) is 1.18. The van der Waals surface area contributed by atoms with Gasteiger partial charge in [0.05, 0.1) is 10.8 Å². The molecule has 0 bridgehead atoms. The van der Waals surface area contributed by atoms with Crippen LogP contribution in [0.4, 0.5) is 0 Å². The van der Waals surface area contributed by atoms with Crippen molar-refractivity contribution in [3.05, 3.63) is 29.3 Å². The second-order valence-corrected chi connectivity index (χ2v) is 4.74.